The fourth-order valence-corrected chi connectivity index (χ4v) is 3.30. The summed E-state index contributed by atoms with van der Waals surface area (Å²) in [6, 6.07) is 13.1. The molecule has 0 aliphatic rings. The summed E-state index contributed by atoms with van der Waals surface area (Å²) >= 11 is 1.73. The first-order valence-electron chi connectivity index (χ1n) is 7.92. The highest BCUT2D eigenvalue weighted by molar-refractivity contribution is 7.09. The normalized spacial score (nSPS) is 13.8. The minimum absolute atomic E-state index is 0.312. The summed E-state index contributed by atoms with van der Waals surface area (Å²) in [6.45, 7) is 5.15. The molecule has 2 aromatic heterocycles. The Morgan fingerprint density at radius 2 is 2.00 bits per heavy atom. The van der Waals surface area contributed by atoms with Gasteiger partial charge in [-0.25, -0.2) is 4.98 Å². The van der Waals surface area contributed by atoms with Crippen LogP contribution in [0, 0.1) is 0 Å². The van der Waals surface area contributed by atoms with Gasteiger partial charge in [0.05, 0.1) is 16.7 Å². The summed E-state index contributed by atoms with van der Waals surface area (Å²) in [7, 11) is 0. The van der Waals surface area contributed by atoms with E-state index in [1.165, 1.54) is 10.6 Å². The lowest BCUT2D eigenvalue weighted by Gasteiger charge is -2.21. The summed E-state index contributed by atoms with van der Waals surface area (Å²) in [5.74, 6) is 0. The van der Waals surface area contributed by atoms with E-state index in [-0.39, 0.29) is 0 Å². The first-order valence-corrected chi connectivity index (χ1v) is 8.80. The van der Waals surface area contributed by atoms with Gasteiger partial charge in [-0.2, -0.15) is 5.10 Å². The van der Waals surface area contributed by atoms with Crippen molar-refractivity contribution in [3.05, 3.63) is 70.4 Å². The van der Waals surface area contributed by atoms with Crippen molar-refractivity contribution >= 4 is 11.3 Å². The molecule has 0 bridgehead atoms. The molecule has 0 aliphatic heterocycles. The summed E-state index contributed by atoms with van der Waals surface area (Å²) < 4.78 is 1.99. The van der Waals surface area contributed by atoms with Crippen molar-refractivity contribution in [2.45, 2.75) is 38.9 Å². The smallest absolute Gasteiger partial charge is 0.0972 e. The molecule has 0 saturated carbocycles. The van der Waals surface area contributed by atoms with Crippen LogP contribution in [-0.2, 0) is 13.0 Å². The number of benzene rings is 1. The van der Waals surface area contributed by atoms with E-state index in [2.05, 4.69) is 53.9 Å². The van der Waals surface area contributed by atoms with Crippen LogP contribution in [0.5, 0.6) is 0 Å². The Kier molecular flexibility index (Phi) is 5.20. The van der Waals surface area contributed by atoms with Crippen molar-refractivity contribution in [2.24, 2.45) is 0 Å². The predicted octanol–water partition coefficient (Wildman–Crippen LogP) is 3.67. The first-order chi connectivity index (χ1) is 11.2. The van der Waals surface area contributed by atoms with Crippen LogP contribution in [0.25, 0.3) is 0 Å². The van der Waals surface area contributed by atoms with Gasteiger partial charge in [-0.3, -0.25) is 4.68 Å². The maximum atomic E-state index is 4.73. The highest BCUT2D eigenvalue weighted by Crippen LogP contribution is 2.15. The molecular formula is C18H22N4S. The molecule has 0 spiro atoms. The molecule has 1 N–H and O–H groups in total. The lowest BCUT2D eigenvalue weighted by atomic mass is 10.1. The third-order valence-electron chi connectivity index (χ3n) is 4.07. The number of rotatable bonds is 7. The van der Waals surface area contributed by atoms with Crippen molar-refractivity contribution in [1.82, 2.24) is 20.1 Å². The van der Waals surface area contributed by atoms with Crippen LogP contribution in [0.15, 0.2) is 54.2 Å². The summed E-state index contributed by atoms with van der Waals surface area (Å²) in [4.78, 5) is 4.73. The molecule has 4 nitrogen and oxygen atoms in total. The van der Waals surface area contributed by atoms with Crippen LogP contribution in [-0.4, -0.2) is 20.8 Å². The third kappa shape index (κ3) is 4.27. The van der Waals surface area contributed by atoms with Crippen LogP contribution in [0.4, 0.5) is 0 Å². The second-order valence-corrected chi connectivity index (χ2v) is 6.73. The van der Waals surface area contributed by atoms with E-state index >= 15 is 0 Å². The van der Waals surface area contributed by atoms with E-state index in [9.17, 15) is 0 Å². The molecule has 3 rings (SSSR count). The van der Waals surface area contributed by atoms with E-state index in [1.54, 1.807) is 11.3 Å². The van der Waals surface area contributed by atoms with Gasteiger partial charge < -0.3 is 5.32 Å². The van der Waals surface area contributed by atoms with Gasteiger partial charge in [0.25, 0.3) is 0 Å². The zero-order valence-corrected chi connectivity index (χ0v) is 14.3. The molecular weight excluding hydrogens is 304 g/mol. The maximum Gasteiger partial charge on any atom is 0.0972 e. The third-order valence-corrected chi connectivity index (χ3v) is 4.97. The Morgan fingerprint density at radius 1 is 1.17 bits per heavy atom. The molecule has 0 unspecified atom stereocenters. The summed E-state index contributed by atoms with van der Waals surface area (Å²) in [6.07, 6.45) is 4.73. The zero-order valence-electron chi connectivity index (χ0n) is 13.5. The molecule has 0 amide bonds. The van der Waals surface area contributed by atoms with Crippen LogP contribution >= 0.6 is 11.3 Å². The van der Waals surface area contributed by atoms with E-state index in [4.69, 9.17) is 4.98 Å². The molecule has 0 saturated heterocycles. The van der Waals surface area contributed by atoms with Gasteiger partial charge in [0.1, 0.15) is 0 Å². The number of hydrogen-bond acceptors (Lipinski definition) is 4. The maximum absolute atomic E-state index is 4.73. The lowest BCUT2D eigenvalue weighted by molar-refractivity contribution is 0.364. The van der Waals surface area contributed by atoms with Crippen LogP contribution in [0.2, 0.25) is 0 Å². The van der Waals surface area contributed by atoms with E-state index < -0.39 is 0 Å². The van der Waals surface area contributed by atoms with Crippen molar-refractivity contribution in [3.63, 3.8) is 0 Å². The molecule has 5 heteroatoms. The number of nitrogens with one attached hydrogen (secondary N) is 1. The molecule has 1 aromatic carbocycles. The van der Waals surface area contributed by atoms with Crippen LogP contribution < -0.4 is 5.32 Å². The fourth-order valence-electron chi connectivity index (χ4n) is 2.47. The monoisotopic (exact) mass is 326 g/mol. The number of nitrogens with zero attached hydrogens (tertiary/aromatic N) is 3. The summed E-state index contributed by atoms with van der Waals surface area (Å²) in [5.41, 5.74) is 2.42. The molecule has 2 heterocycles. The molecule has 3 aromatic rings. The quantitative estimate of drug-likeness (QED) is 0.720. The van der Waals surface area contributed by atoms with Gasteiger partial charge >= 0.3 is 0 Å². The van der Waals surface area contributed by atoms with Gasteiger partial charge in [0.15, 0.2) is 0 Å². The number of thiazole rings is 1. The SMILES string of the molecule is C[C@H](NCc1csc(Cc2ccccc2)n1)[C@H](C)n1cccn1. The Morgan fingerprint density at radius 3 is 2.74 bits per heavy atom. The predicted molar refractivity (Wildman–Crippen MR) is 94.6 cm³/mol. The van der Waals surface area contributed by atoms with E-state index in [1.807, 2.05) is 29.2 Å². The lowest BCUT2D eigenvalue weighted by Crippen LogP contribution is -2.33. The minimum atomic E-state index is 0.312. The number of hydrogen-bond donors (Lipinski definition) is 1. The van der Waals surface area contributed by atoms with Gasteiger partial charge in [0.2, 0.25) is 0 Å². The van der Waals surface area contributed by atoms with Crippen molar-refractivity contribution < 1.29 is 0 Å². The van der Waals surface area contributed by atoms with Crippen molar-refractivity contribution in [1.29, 1.82) is 0 Å². The Bertz CT molecular complexity index is 706. The zero-order chi connectivity index (χ0) is 16.1. The minimum Gasteiger partial charge on any atom is -0.306 e. The Labute approximate surface area is 141 Å². The molecule has 0 fully saturated rings. The van der Waals surface area contributed by atoms with Gasteiger partial charge in [0, 0.05) is 36.8 Å². The average Bonchev–Trinajstić information content (AvgIpc) is 3.25. The molecule has 0 aliphatic carbocycles. The average molecular weight is 326 g/mol. The van der Waals surface area contributed by atoms with E-state index in [0.717, 1.165) is 18.7 Å². The highest BCUT2D eigenvalue weighted by atomic mass is 32.1. The second-order valence-electron chi connectivity index (χ2n) is 5.79. The Hall–Kier alpha value is -1.98. The van der Waals surface area contributed by atoms with Crippen molar-refractivity contribution in [3.8, 4) is 0 Å². The standard InChI is InChI=1S/C18H22N4S/c1-14(15(2)22-10-6-9-20-22)19-12-17-13-23-18(21-17)11-16-7-4-3-5-8-16/h3-10,13-15,19H,11-12H2,1-2H3/t14-,15-/m0/s1. The Balaban J connectivity index is 1.53. The first kappa shape index (κ1) is 15.9. The molecule has 2 atom stereocenters. The number of aromatic nitrogens is 3. The van der Waals surface area contributed by atoms with Gasteiger partial charge in [-0.15, -0.1) is 11.3 Å². The summed E-state index contributed by atoms with van der Waals surface area (Å²) in [5, 5.41) is 11.2. The van der Waals surface area contributed by atoms with E-state index in [0.29, 0.717) is 12.1 Å². The second kappa shape index (κ2) is 7.53. The topological polar surface area (TPSA) is 42.7 Å². The fraction of sp³-hybridized carbons (Fsp3) is 0.333. The molecule has 23 heavy (non-hydrogen) atoms. The van der Waals surface area contributed by atoms with Crippen LogP contribution in [0.1, 0.15) is 36.2 Å². The van der Waals surface area contributed by atoms with Crippen molar-refractivity contribution in [2.75, 3.05) is 0 Å². The highest BCUT2D eigenvalue weighted by Gasteiger charge is 2.14. The van der Waals surface area contributed by atoms with Crippen LogP contribution in [0.3, 0.4) is 0 Å². The largest absolute Gasteiger partial charge is 0.306 e. The van der Waals surface area contributed by atoms with Gasteiger partial charge in [-0.1, -0.05) is 30.3 Å². The van der Waals surface area contributed by atoms with Gasteiger partial charge in [-0.05, 0) is 25.5 Å². The molecule has 120 valence electrons. The molecule has 0 radical (unpaired) electrons.